The third kappa shape index (κ3) is 4.83. The summed E-state index contributed by atoms with van der Waals surface area (Å²) >= 11 is 1.41. The zero-order chi connectivity index (χ0) is 16.7. The smallest absolute Gasteiger partial charge is 0.250 e. The van der Waals surface area contributed by atoms with Gasteiger partial charge in [-0.3, -0.25) is 10.1 Å². The summed E-state index contributed by atoms with van der Waals surface area (Å²) in [7, 11) is 1.51. The third-order valence-corrected chi connectivity index (χ3v) is 3.59. The van der Waals surface area contributed by atoms with Crippen LogP contribution in [0.15, 0.2) is 30.5 Å². The van der Waals surface area contributed by atoms with Crippen LogP contribution in [0.5, 0.6) is 11.5 Å². The number of carbonyl (C=O) groups excluding carboxylic acids is 1. The largest absolute Gasteiger partial charge is 0.493 e. The highest BCUT2D eigenvalue weighted by Crippen LogP contribution is 2.28. The Balaban J connectivity index is 2.04. The average Bonchev–Trinajstić information content (AvgIpc) is 2.96. The number of rotatable bonds is 6. The van der Waals surface area contributed by atoms with Crippen molar-refractivity contribution >= 4 is 28.5 Å². The fraction of sp³-hybridized carbons (Fsp3) is 0.188. The van der Waals surface area contributed by atoms with Crippen LogP contribution in [0.2, 0.25) is 0 Å². The van der Waals surface area contributed by atoms with E-state index in [9.17, 15) is 4.79 Å². The van der Waals surface area contributed by atoms with E-state index >= 15 is 0 Å². The van der Waals surface area contributed by atoms with Crippen molar-refractivity contribution in [1.82, 2.24) is 4.98 Å². The number of methoxy groups -OCH3 is 1. The molecule has 0 radical (unpaired) electrons. The van der Waals surface area contributed by atoms with E-state index in [4.69, 9.17) is 14.7 Å². The van der Waals surface area contributed by atoms with Crippen molar-refractivity contribution in [2.24, 2.45) is 0 Å². The molecule has 0 saturated heterocycles. The molecule has 6 nitrogen and oxygen atoms in total. The van der Waals surface area contributed by atoms with Crippen LogP contribution in [-0.4, -0.2) is 24.6 Å². The van der Waals surface area contributed by atoms with E-state index in [0.29, 0.717) is 16.6 Å². The minimum atomic E-state index is -0.261. The molecule has 23 heavy (non-hydrogen) atoms. The summed E-state index contributed by atoms with van der Waals surface area (Å²) in [4.78, 5) is 16.9. The number of nitrogens with one attached hydrogen (secondary N) is 1. The Morgan fingerprint density at radius 2 is 2.30 bits per heavy atom. The summed E-state index contributed by atoms with van der Waals surface area (Å²) in [6.07, 6.45) is 4.78. The molecule has 0 unspecified atom stereocenters. The molecule has 2 rings (SSSR count). The Labute approximate surface area is 138 Å². The first-order valence-corrected chi connectivity index (χ1v) is 7.53. The van der Waals surface area contributed by atoms with Crippen molar-refractivity contribution in [2.45, 2.75) is 6.92 Å². The Morgan fingerprint density at radius 3 is 2.96 bits per heavy atom. The lowest BCUT2D eigenvalue weighted by atomic mass is 10.2. The van der Waals surface area contributed by atoms with Crippen molar-refractivity contribution in [3.63, 3.8) is 0 Å². The molecule has 118 valence electrons. The molecule has 0 spiro atoms. The van der Waals surface area contributed by atoms with Gasteiger partial charge in [0, 0.05) is 17.2 Å². The number of thiazole rings is 1. The first-order valence-electron chi connectivity index (χ1n) is 6.71. The molecule has 7 heteroatoms. The van der Waals surface area contributed by atoms with Crippen molar-refractivity contribution in [2.75, 3.05) is 19.0 Å². The van der Waals surface area contributed by atoms with Gasteiger partial charge in [-0.1, -0.05) is 6.07 Å². The first-order chi connectivity index (χ1) is 11.1. The summed E-state index contributed by atoms with van der Waals surface area (Å²) in [5.74, 6) is 0.718. The maximum absolute atomic E-state index is 11.8. The third-order valence-electron chi connectivity index (χ3n) is 2.76. The summed E-state index contributed by atoms with van der Waals surface area (Å²) in [5.41, 5.74) is 0.775. The Hall–Kier alpha value is -2.85. The summed E-state index contributed by atoms with van der Waals surface area (Å²) < 4.78 is 10.5. The standard InChI is InChI=1S/C16H15N3O3S/c1-11-10-18-16(23-11)19-15(20)6-4-12-3-5-13(22-8-7-17)14(9-12)21-2/h3-6,9-10H,8H2,1-2H3,(H,18,19,20)/b6-4+. The number of nitriles is 1. The highest BCUT2D eigenvalue weighted by molar-refractivity contribution is 7.15. The molecule has 0 saturated carbocycles. The fourth-order valence-corrected chi connectivity index (χ4v) is 2.42. The molecule has 1 amide bonds. The number of anilines is 1. The number of hydrogen-bond donors (Lipinski definition) is 1. The van der Waals surface area contributed by atoms with Crippen LogP contribution in [0, 0.1) is 18.3 Å². The second kappa shape index (κ2) is 7.96. The molecule has 0 aliphatic heterocycles. The molecule has 0 bridgehead atoms. The molecule has 0 aliphatic carbocycles. The second-order valence-corrected chi connectivity index (χ2v) is 5.69. The normalized spacial score (nSPS) is 10.3. The summed E-state index contributed by atoms with van der Waals surface area (Å²) in [5, 5.41) is 11.8. The van der Waals surface area contributed by atoms with Crippen LogP contribution in [0.3, 0.4) is 0 Å². The lowest BCUT2D eigenvalue weighted by Gasteiger charge is -2.08. The van der Waals surface area contributed by atoms with E-state index in [0.717, 1.165) is 10.4 Å². The van der Waals surface area contributed by atoms with E-state index < -0.39 is 0 Å². The first kappa shape index (κ1) is 16.5. The van der Waals surface area contributed by atoms with Crippen molar-refractivity contribution in [3.05, 3.63) is 40.9 Å². The Kier molecular flexibility index (Phi) is 5.72. The zero-order valence-corrected chi connectivity index (χ0v) is 13.5. The van der Waals surface area contributed by atoms with Crippen LogP contribution in [0.25, 0.3) is 6.08 Å². The molecule has 1 heterocycles. The molecular weight excluding hydrogens is 314 g/mol. The molecule has 0 fully saturated rings. The Morgan fingerprint density at radius 1 is 1.48 bits per heavy atom. The maximum atomic E-state index is 11.8. The van der Waals surface area contributed by atoms with E-state index in [1.807, 2.05) is 13.0 Å². The van der Waals surface area contributed by atoms with Crippen LogP contribution in [-0.2, 0) is 4.79 Å². The number of hydrogen-bond acceptors (Lipinski definition) is 6. The highest BCUT2D eigenvalue weighted by Gasteiger charge is 2.05. The second-order valence-electron chi connectivity index (χ2n) is 4.46. The van der Waals surface area contributed by atoms with Gasteiger partial charge < -0.3 is 9.47 Å². The van der Waals surface area contributed by atoms with Gasteiger partial charge in [-0.05, 0) is 30.7 Å². The molecular formula is C16H15N3O3S. The van der Waals surface area contributed by atoms with Gasteiger partial charge >= 0.3 is 0 Å². The topological polar surface area (TPSA) is 84.2 Å². The van der Waals surface area contributed by atoms with E-state index in [1.165, 1.54) is 24.5 Å². The Bertz CT molecular complexity index is 762. The summed E-state index contributed by atoms with van der Waals surface area (Å²) in [6.45, 7) is 1.87. The van der Waals surface area contributed by atoms with Crippen molar-refractivity contribution < 1.29 is 14.3 Å². The monoisotopic (exact) mass is 329 g/mol. The van der Waals surface area contributed by atoms with Crippen molar-refractivity contribution in [1.29, 1.82) is 5.26 Å². The highest BCUT2D eigenvalue weighted by atomic mass is 32.1. The minimum absolute atomic E-state index is 0.0544. The van der Waals surface area contributed by atoms with E-state index in [2.05, 4.69) is 10.3 Å². The van der Waals surface area contributed by atoms with Gasteiger partial charge in [0.2, 0.25) is 5.91 Å². The number of carbonyl (C=O) groups is 1. The van der Waals surface area contributed by atoms with Gasteiger partial charge in [-0.15, -0.1) is 11.3 Å². The molecule has 2 aromatic rings. The predicted molar refractivity (Wildman–Crippen MR) is 88.6 cm³/mol. The van der Waals surface area contributed by atoms with Gasteiger partial charge in [0.15, 0.2) is 23.2 Å². The molecule has 0 aliphatic rings. The van der Waals surface area contributed by atoms with Crippen LogP contribution >= 0.6 is 11.3 Å². The van der Waals surface area contributed by atoms with Gasteiger partial charge in [0.25, 0.3) is 0 Å². The van der Waals surface area contributed by atoms with Gasteiger partial charge in [-0.2, -0.15) is 5.26 Å². The van der Waals surface area contributed by atoms with Gasteiger partial charge in [0.1, 0.15) is 6.07 Å². The zero-order valence-electron chi connectivity index (χ0n) is 12.7. The van der Waals surface area contributed by atoms with Gasteiger partial charge in [-0.25, -0.2) is 4.98 Å². The fourth-order valence-electron chi connectivity index (χ4n) is 1.75. The van der Waals surface area contributed by atoms with E-state index in [-0.39, 0.29) is 12.5 Å². The van der Waals surface area contributed by atoms with Crippen LogP contribution < -0.4 is 14.8 Å². The molecule has 1 N–H and O–H groups in total. The molecule has 1 aromatic carbocycles. The number of benzene rings is 1. The van der Waals surface area contributed by atoms with Crippen LogP contribution in [0.1, 0.15) is 10.4 Å². The van der Waals surface area contributed by atoms with Crippen LogP contribution in [0.4, 0.5) is 5.13 Å². The number of aromatic nitrogens is 1. The number of nitrogens with zero attached hydrogens (tertiary/aromatic N) is 2. The van der Waals surface area contributed by atoms with Crippen molar-refractivity contribution in [3.8, 4) is 17.6 Å². The lowest BCUT2D eigenvalue weighted by Crippen LogP contribution is -2.07. The van der Waals surface area contributed by atoms with E-state index in [1.54, 1.807) is 30.5 Å². The summed E-state index contributed by atoms with van der Waals surface area (Å²) in [6, 6.07) is 7.09. The lowest BCUT2D eigenvalue weighted by molar-refractivity contribution is -0.111. The maximum Gasteiger partial charge on any atom is 0.250 e. The molecule has 1 aromatic heterocycles. The quantitative estimate of drug-likeness (QED) is 0.824. The number of amides is 1. The predicted octanol–water partition coefficient (Wildman–Crippen LogP) is 3.01. The van der Waals surface area contributed by atoms with Gasteiger partial charge in [0.05, 0.1) is 7.11 Å². The number of aryl methyl sites for hydroxylation is 1. The SMILES string of the molecule is COc1cc(/C=C/C(=O)Nc2ncc(C)s2)ccc1OCC#N. The number of ether oxygens (including phenoxy) is 2. The average molecular weight is 329 g/mol. The minimum Gasteiger partial charge on any atom is -0.493 e. The molecule has 0 atom stereocenters.